The normalized spacial score (nSPS) is 17.9. The van der Waals surface area contributed by atoms with Gasteiger partial charge in [0.1, 0.15) is 0 Å². The predicted octanol–water partition coefficient (Wildman–Crippen LogP) is 4.32. The molecule has 0 radical (unpaired) electrons. The molecule has 1 heteroatoms. The van der Waals surface area contributed by atoms with Gasteiger partial charge in [-0.3, -0.25) is 0 Å². The van der Waals surface area contributed by atoms with Crippen LogP contribution in [0.4, 0.5) is 0 Å². The summed E-state index contributed by atoms with van der Waals surface area (Å²) in [6.45, 7) is 14.1. The van der Waals surface area contributed by atoms with Crippen molar-refractivity contribution in [3.05, 3.63) is 59.8 Å². The van der Waals surface area contributed by atoms with Gasteiger partial charge in [-0.25, -0.2) is 0 Å². The second-order valence-electron chi connectivity index (χ2n) is 4.49. The van der Waals surface area contributed by atoms with Crippen LogP contribution >= 0.6 is 0 Å². The van der Waals surface area contributed by atoms with Crippen LogP contribution in [0.1, 0.15) is 33.1 Å². The minimum atomic E-state index is 0.921. The first kappa shape index (κ1) is 14.7. The van der Waals surface area contributed by atoms with Crippen molar-refractivity contribution < 1.29 is 0 Å². The molecule has 0 amide bonds. The van der Waals surface area contributed by atoms with Gasteiger partial charge in [0.2, 0.25) is 0 Å². The summed E-state index contributed by atoms with van der Waals surface area (Å²) in [7, 11) is 0. The summed E-state index contributed by atoms with van der Waals surface area (Å²) in [6, 6.07) is 0. The number of rotatable bonds is 6. The summed E-state index contributed by atoms with van der Waals surface area (Å²) in [5, 5.41) is 3.45. The fraction of sp³-hybridized carbons (Fsp3) is 0.412. The first-order valence-electron chi connectivity index (χ1n) is 6.79. The van der Waals surface area contributed by atoms with Crippen LogP contribution in [0.2, 0.25) is 0 Å². The van der Waals surface area contributed by atoms with Crippen LogP contribution in [0.25, 0.3) is 0 Å². The maximum Gasteiger partial charge on any atom is 0.0170 e. The molecule has 0 fully saturated rings. The third-order valence-corrected chi connectivity index (χ3v) is 3.41. The molecule has 0 aromatic carbocycles. The second kappa shape index (κ2) is 7.88. The van der Waals surface area contributed by atoms with E-state index >= 15 is 0 Å². The Morgan fingerprint density at radius 1 is 1.39 bits per heavy atom. The molecule has 1 rings (SSSR count). The molecule has 0 aliphatic carbocycles. The third-order valence-electron chi connectivity index (χ3n) is 3.41. The molecule has 0 aromatic rings. The molecule has 1 aliphatic rings. The Bertz CT molecular complexity index is 394. The van der Waals surface area contributed by atoms with E-state index in [-0.39, 0.29) is 0 Å². The van der Waals surface area contributed by atoms with Gasteiger partial charge in [0.25, 0.3) is 0 Å². The smallest absolute Gasteiger partial charge is 0.0170 e. The zero-order chi connectivity index (χ0) is 13.4. The monoisotopic (exact) mass is 243 g/mol. The first-order chi connectivity index (χ1) is 8.78. The number of hydrogen-bond donors (Lipinski definition) is 1. The van der Waals surface area contributed by atoms with E-state index in [4.69, 9.17) is 0 Å². The molecule has 0 saturated heterocycles. The predicted molar refractivity (Wildman–Crippen MR) is 81.7 cm³/mol. The maximum absolute atomic E-state index is 3.86. The van der Waals surface area contributed by atoms with Gasteiger partial charge < -0.3 is 5.32 Å². The number of allylic oxidation sites excluding steroid dienone is 6. The van der Waals surface area contributed by atoms with Crippen LogP contribution in [0.3, 0.4) is 0 Å². The van der Waals surface area contributed by atoms with Crippen LogP contribution in [-0.4, -0.2) is 13.1 Å². The lowest BCUT2D eigenvalue weighted by atomic mass is 9.87. The number of hydrogen-bond acceptors (Lipinski definition) is 1. The van der Waals surface area contributed by atoms with Gasteiger partial charge in [0, 0.05) is 6.54 Å². The maximum atomic E-state index is 3.86. The molecule has 98 valence electrons. The highest BCUT2D eigenvalue weighted by Crippen LogP contribution is 2.30. The topological polar surface area (TPSA) is 12.0 Å². The molecule has 1 N–H and O–H groups in total. The molecule has 0 atom stereocenters. The summed E-state index contributed by atoms with van der Waals surface area (Å²) in [5.74, 6) is 0. The van der Waals surface area contributed by atoms with Crippen LogP contribution in [0.15, 0.2) is 59.8 Å². The van der Waals surface area contributed by atoms with Crippen molar-refractivity contribution in [2.75, 3.05) is 13.1 Å². The van der Waals surface area contributed by atoms with Crippen molar-refractivity contribution in [1.82, 2.24) is 5.32 Å². The van der Waals surface area contributed by atoms with Gasteiger partial charge >= 0.3 is 0 Å². The van der Waals surface area contributed by atoms with Gasteiger partial charge in [-0.2, -0.15) is 0 Å². The molecule has 0 saturated carbocycles. The SMILES string of the molecule is C=C/C=C(C1=C(CC)CNCC1)\C(=C/C)CC=C. The van der Waals surface area contributed by atoms with Gasteiger partial charge in [0.15, 0.2) is 0 Å². The van der Waals surface area contributed by atoms with E-state index in [0.717, 1.165) is 32.4 Å². The van der Waals surface area contributed by atoms with Crippen molar-refractivity contribution in [3.63, 3.8) is 0 Å². The van der Waals surface area contributed by atoms with E-state index in [0.29, 0.717) is 0 Å². The molecule has 1 aliphatic heterocycles. The lowest BCUT2D eigenvalue weighted by Crippen LogP contribution is -2.25. The Morgan fingerprint density at radius 2 is 2.17 bits per heavy atom. The Kier molecular flexibility index (Phi) is 6.45. The summed E-state index contributed by atoms with van der Waals surface area (Å²) in [5.41, 5.74) is 5.74. The lowest BCUT2D eigenvalue weighted by Gasteiger charge is -2.24. The molecule has 0 aromatic heterocycles. The molecule has 1 nitrogen and oxygen atoms in total. The van der Waals surface area contributed by atoms with Crippen molar-refractivity contribution in [3.8, 4) is 0 Å². The minimum absolute atomic E-state index is 0.921. The van der Waals surface area contributed by atoms with E-state index in [9.17, 15) is 0 Å². The lowest BCUT2D eigenvalue weighted by molar-refractivity contribution is 0.665. The van der Waals surface area contributed by atoms with E-state index in [2.05, 4.69) is 44.5 Å². The third kappa shape index (κ3) is 3.58. The first-order valence-corrected chi connectivity index (χ1v) is 6.79. The van der Waals surface area contributed by atoms with E-state index < -0.39 is 0 Å². The molecular weight excluding hydrogens is 218 g/mol. The second-order valence-corrected chi connectivity index (χ2v) is 4.49. The van der Waals surface area contributed by atoms with Crippen molar-refractivity contribution in [2.24, 2.45) is 0 Å². The Hall–Kier alpha value is -1.34. The summed E-state index contributed by atoms with van der Waals surface area (Å²) in [4.78, 5) is 0. The minimum Gasteiger partial charge on any atom is -0.313 e. The fourth-order valence-corrected chi connectivity index (χ4v) is 2.46. The average molecular weight is 243 g/mol. The van der Waals surface area contributed by atoms with Crippen LogP contribution < -0.4 is 5.32 Å². The summed E-state index contributed by atoms with van der Waals surface area (Å²) < 4.78 is 0. The van der Waals surface area contributed by atoms with Crippen molar-refractivity contribution in [2.45, 2.75) is 33.1 Å². The molecule has 0 spiro atoms. The Balaban J connectivity index is 3.19. The van der Waals surface area contributed by atoms with Gasteiger partial charge in [-0.15, -0.1) is 6.58 Å². The molecule has 0 unspecified atom stereocenters. The number of nitrogens with one attached hydrogen (secondary N) is 1. The summed E-state index contributed by atoms with van der Waals surface area (Å²) >= 11 is 0. The highest BCUT2D eigenvalue weighted by Gasteiger charge is 2.16. The molecule has 0 bridgehead atoms. The van der Waals surface area contributed by atoms with Crippen LogP contribution in [0.5, 0.6) is 0 Å². The van der Waals surface area contributed by atoms with Crippen molar-refractivity contribution in [1.29, 1.82) is 0 Å². The van der Waals surface area contributed by atoms with Gasteiger partial charge in [0.05, 0.1) is 0 Å². The molecule has 18 heavy (non-hydrogen) atoms. The standard InChI is InChI=1S/C17H25N/c1-5-9-14(7-3)16(10-6-2)17-11-12-18-13-15(17)8-4/h5-7,10,18H,1-2,8-9,11-13H2,3-4H3/b14-7-,16-10+. The highest BCUT2D eigenvalue weighted by molar-refractivity contribution is 5.51. The quantitative estimate of drug-likeness (QED) is 0.541. The fourth-order valence-electron chi connectivity index (χ4n) is 2.46. The van der Waals surface area contributed by atoms with Crippen LogP contribution in [-0.2, 0) is 0 Å². The highest BCUT2D eigenvalue weighted by atomic mass is 14.9. The van der Waals surface area contributed by atoms with E-state index in [1.165, 1.54) is 22.3 Å². The van der Waals surface area contributed by atoms with Crippen LogP contribution in [0, 0.1) is 0 Å². The Labute approximate surface area is 112 Å². The molecular formula is C17H25N. The van der Waals surface area contributed by atoms with Gasteiger partial charge in [-0.05, 0) is 49.5 Å². The zero-order valence-electron chi connectivity index (χ0n) is 11.8. The largest absolute Gasteiger partial charge is 0.313 e. The molecule has 1 heterocycles. The summed E-state index contributed by atoms with van der Waals surface area (Å²) in [6.07, 6.45) is 11.3. The Morgan fingerprint density at radius 3 is 2.72 bits per heavy atom. The zero-order valence-corrected chi connectivity index (χ0v) is 11.8. The van der Waals surface area contributed by atoms with Gasteiger partial charge in [-0.1, -0.05) is 43.4 Å². The average Bonchev–Trinajstić information content (AvgIpc) is 2.42. The van der Waals surface area contributed by atoms with Crippen molar-refractivity contribution >= 4 is 0 Å². The van der Waals surface area contributed by atoms with E-state index in [1.807, 2.05) is 12.2 Å². The van der Waals surface area contributed by atoms with E-state index in [1.54, 1.807) is 0 Å².